The van der Waals surface area contributed by atoms with E-state index in [1.165, 1.54) is 11.0 Å². The maximum Gasteiger partial charge on any atom is 0.160 e. The van der Waals surface area contributed by atoms with Gasteiger partial charge in [-0.3, -0.25) is 15.7 Å². The minimum Gasteiger partial charge on any atom is -0.371 e. The molecule has 5 nitrogen and oxygen atoms in total. The first-order valence-electron chi connectivity index (χ1n) is 9.92. The van der Waals surface area contributed by atoms with Crippen molar-refractivity contribution < 1.29 is 8.78 Å². The summed E-state index contributed by atoms with van der Waals surface area (Å²) in [5.74, 6) is -1.35. The molecule has 0 saturated heterocycles. The third-order valence-electron chi connectivity index (χ3n) is 5.69. The molecule has 0 unspecified atom stereocenters. The highest BCUT2D eigenvalue weighted by molar-refractivity contribution is 6.24. The summed E-state index contributed by atoms with van der Waals surface area (Å²) >= 11 is 0. The average molecular weight is 409 g/mol. The van der Waals surface area contributed by atoms with Crippen molar-refractivity contribution in [1.82, 2.24) is 4.98 Å². The van der Waals surface area contributed by atoms with Crippen LogP contribution in [0.5, 0.6) is 0 Å². The van der Waals surface area contributed by atoms with E-state index in [-0.39, 0.29) is 28.6 Å². The Hall–Kier alpha value is -3.22. The van der Waals surface area contributed by atoms with Crippen molar-refractivity contribution in [1.29, 1.82) is 10.8 Å². The number of nitrogens with one attached hydrogen (secondary N) is 4. The normalized spacial score (nSPS) is 15.3. The Morgan fingerprint density at radius 2 is 1.87 bits per heavy atom. The van der Waals surface area contributed by atoms with Gasteiger partial charge in [0.1, 0.15) is 23.2 Å². The van der Waals surface area contributed by atoms with Crippen LogP contribution in [0, 0.1) is 36.3 Å². The van der Waals surface area contributed by atoms with E-state index in [2.05, 4.69) is 10.3 Å². The van der Waals surface area contributed by atoms with Crippen LogP contribution in [-0.4, -0.2) is 22.2 Å². The van der Waals surface area contributed by atoms with Crippen LogP contribution in [0.2, 0.25) is 0 Å². The molecule has 156 valence electrons. The van der Waals surface area contributed by atoms with E-state index in [1.807, 2.05) is 26.1 Å². The zero-order valence-corrected chi connectivity index (χ0v) is 17.7. The predicted molar refractivity (Wildman–Crippen MR) is 119 cm³/mol. The second-order valence-electron chi connectivity index (χ2n) is 8.38. The largest absolute Gasteiger partial charge is 0.371 e. The van der Waals surface area contributed by atoms with Gasteiger partial charge in [-0.25, -0.2) is 8.78 Å². The third kappa shape index (κ3) is 2.80. The van der Waals surface area contributed by atoms with E-state index in [1.54, 1.807) is 26.8 Å². The molecule has 1 aromatic heterocycles. The van der Waals surface area contributed by atoms with E-state index >= 15 is 8.78 Å². The van der Waals surface area contributed by atoms with Gasteiger partial charge in [0, 0.05) is 29.6 Å². The number of amidine groups is 2. The molecule has 0 radical (unpaired) electrons. The van der Waals surface area contributed by atoms with Crippen LogP contribution in [0.15, 0.2) is 24.4 Å². The Morgan fingerprint density at radius 3 is 2.53 bits per heavy atom. The van der Waals surface area contributed by atoms with Gasteiger partial charge in [-0.15, -0.1) is 0 Å². The summed E-state index contributed by atoms with van der Waals surface area (Å²) in [6.45, 7) is 9.12. The van der Waals surface area contributed by atoms with Crippen LogP contribution in [0.25, 0.3) is 22.0 Å². The molecule has 0 bridgehead atoms. The van der Waals surface area contributed by atoms with Gasteiger partial charge in [0.2, 0.25) is 0 Å². The first kappa shape index (κ1) is 20.1. The van der Waals surface area contributed by atoms with Crippen molar-refractivity contribution in [2.24, 2.45) is 0 Å². The molecule has 0 aliphatic carbocycles. The van der Waals surface area contributed by atoms with Gasteiger partial charge in [-0.2, -0.15) is 0 Å². The molecule has 0 amide bonds. The van der Waals surface area contributed by atoms with Crippen molar-refractivity contribution in [2.75, 3.05) is 10.2 Å². The maximum absolute atomic E-state index is 16.0. The zero-order valence-electron chi connectivity index (χ0n) is 17.7. The molecule has 1 aliphatic heterocycles. The van der Waals surface area contributed by atoms with Crippen molar-refractivity contribution in [3.05, 3.63) is 47.2 Å². The fraction of sp³-hybridized carbons (Fsp3) is 0.304. The van der Waals surface area contributed by atoms with Gasteiger partial charge in [-0.05, 0) is 51.0 Å². The maximum atomic E-state index is 16.0. The van der Waals surface area contributed by atoms with Crippen LogP contribution in [0.3, 0.4) is 0 Å². The summed E-state index contributed by atoms with van der Waals surface area (Å²) in [6, 6.07) is 5.01. The number of hydrogen-bond donors (Lipinski definition) is 4. The molecule has 0 fully saturated rings. The number of aromatic amines is 1. The van der Waals surface area contributed by atoms with E-state index in [4.69, 9.17) is 10.8 Å². The molecule has 1 aliphatic rings. The number of aromatic nitrogens is 1. The summed E-state index contributed by atoms with van der Waals surface area (Å²) in [7, 11) is 0. The summed E-state index contributed by atoms with van der Waals surface area (Å²) in [5, 5.41) is 20.9. The Kier molecular flexibility index (Phi) is 4.45. The molecule has 0 spiro atoms. The summed E-state index contributed by atoms with van der Waals surface area (Å²) in [6.07, 6.45) is 2.13. The second kappa shape index (κ2) is 6.65. The van der Waals surface area contributed by atoms with Crippen LogP contribution in [0.1, 0.15) is 38.3 Å². The van der Waals surface area contributed by atoms with E-state index in [9.17, 15) is 0 Å². The van der Waals surface area contributed by atoms with Crippen LogP contribution < -0.4 is 10.2 Å². The number of anilines is 2. The monoisotopic (exact) mass is 409 g/mol. The average Bonchev–Trinajstić information content (AvgIpc) is 3.03. The number of nitrogens with zero attached hydrogens (tertiary/aromatic N) is 1. The topological polar surface area (TPSA) is 78.8 Å². The summed E-state index contributed by atoms with van der Waals surface area (Å²) < 4.78 is 31.3. The quantitative estimate of drug-likeness (QED) is 0.305. The number of fused-ring (bicyclic) bond motifs is 2. The summed E-state index contributed by atoms with van der Waals surface area (Å²) in [4.78, 5) is 4.43. The fourth-order valence-electron chi connectivity index (χ4n) is 4.09. The van der Waals surface area contributed by atoms with Gasteiger partial charge in [0.25, 0.3) is 0 Å². The molecule has 7 heteroatoms. The lowest BCUT2D eigenvalue weighted by molar-refractivity contribution is 0.587. The molecule has 0 saturated carbocycles. The SMILES string of the molecule is CCC(=N)N1C(=N)C(C)(C)Nc2cc(F)c(-c3cc(C)cc4c(C)c[nH]c34)c(F)c21. The highest BCUT2D eigenvalue weighted by Gasteiger charge is 2.40. The van der Waals surface area contributed by atoms with Crippen molar-refractivity contribution in [2.45, 2.75) is 46.6 Å². The Labute approximate surface area is 174 Å². The number of benzene rings is 2. The van der Waals surface area contributed by atoms with Gasteiger partial charge >= 0.3 is 0 Å². The van der Waals surface area contributed by atoms with Crippen LogP contribution in [0.4, 0.5) is 20.2 Å². The Morgan fingerprint density at radius 1 is 1.17 bits per heavy atom. The fourth-order valence-corrected chi connectivity index (χ4v) is 4.09. The lowest BCUT2D eigenvalue weighted by Crippen LogP contribution is -2.55. The van der Waals surface area contributed by atoms with Crippen molar-refractivity contribution in [3.8, 4) is 11.1 Å². The lowest BCUT2D eigenvalue weighted by atomic mass is 9.93. The van der Waals surface area contributed by atoms with Crippen molar-refractivity contribution >= 4 is 33.9 Å². The first-order chi connectivity index (χ1) is 14.1. The van der Waals surface area contributed by atoms with E-state index in [0.29, 0.717) is 17.5 Å². The highest BCUT2D eigenvalue weighted by atomic mass is 19.1. The number of H-pyrrole nitrogens is 1. The minimum atomic E-state index is -0.873. The smallest absolute Gasteiger partial charge is 0.160 e. The number of aryl methyl sites for hydroxylation is 2. The molecular formula is C23H25F2N5. The molecule has 3 aromatic rings. The lowest BCUT2D eigenvalue weighted by Gasteiger charge is -2.42. The Bertz CT molecular complexity index is 1220. The molecule has 2 heterocycles. The third-order valence-corrected chi connectivity index (χ3v) is 5.69. The second-order valence-corrected chi connectivity index (χ2v) is 8.38. The molecule has 2 aromatic carbocycles. The number of halogens is 2. The van der Waals surface area contributed by atoms with Crippen molar-refractivity contribution in [3.63, 3.8) is 0 Å². The zero-order chi connectivity index (χ0) is 22.0. The van der Waals surface area contributed by atoms with Gasteiger partial charge in [-0.1, -0.05) is 6.92 Å². The number of rotatable bonds is 2. The molecule has 0 atom stereocenters. The first-order valence-corrected chi connectivity index (χ1v) is 9.92. The van der Waals surface area contributed by atoms with Gasteiger partial charge < -0.3 is 10.3 Å². The Balaban J connectivity index is 2.06. The minimum absolute atomic E-state index is 0.0144. The molecular weight excluding hydrogens is 384 g/mol. The molecule has 30 heavy (non-hydrogen) atoms. The van der Waals surface area contributed by atoms with Crippen LogP contribution in [-0.2, 0) is 0 Å². The van der Waals surface area contributed by atoms with Gasteiger partial charge in [0.05, 0.1) is 22.3 Å². The summed E-state index contributed by atoms with van der Waals surface area (Å²) in [5.41, 5.74) is 2.19. The molecule has 4 rings (SSSR count). The van der Waals surface area contributed by atoms with Crippen LogP contribution >= 0.6 is 0 Å². The predicted octanol–water partition coefficient (Wildman–Crippen LogP) is 6.10. The highest BCUT2D eigenvalue weighted by Crippen LogP contribution is 2.44. The van der Waals surface area contributed by atoms with Gasteiger partial charge in [0.15, 0.2) is 5.82 Å². The van der Waals surface area contributed by atoms with E-state index < -0.39 is 17.2 Å². The standard InChI is InChI=1S/C23H25F2N5/c1-6-17(26)30-21-16(29-23(4,5)22(30)27)9-15(24)18(19(21)25)14-8-11(2)7-13-12(3)10-28-20(13)14/h7-10,26-29H,6H2,1-5H3. The number of hydrogen-bond acceptors (Lipinski definition) is 3. The molecule has 4 N–H and O–H groups in total. The van der Waals surface area contributed by atoms with E-state index in [0.717, 1.165) is 16.5 Å².